The van der Waals surface area contributed by atoms with Crippen molar-refractivity contribution in [2.45, 2.75) is 51.0 Å². The Labute approximate surface area is 228 Å². The molecule has 4 rings (SSSR count). The number of hydrogen-bond donors (Lipinski definition) is 1. The van der Waals surface area contributed by atoms with E-state index in [9.17, 15) is 9.59 Å². The van der Waals surface area contributed by atoms with Gasteiger partial charge in [-0.25, -0.2) is 9.78 Å². The van der Waals surface area contributed by atoms with Crippen molar-refractivity contribution in [1.82, 2.24) is 14.9 Å². The number of para-hydroxylation sites is 3. The maximum Gasteiger partial charge on any atom is 0.326 e. The van der Waals surface area contributed by atoms with Gasteiger partial charge in [0, 0.05) is 24.5 Å². The molecule has 0 atom stereocenters. The van der Waals surface area contributed by atoms with Gasteiger partial charge in [-0.15, -0.1) is 0 Å². The number of urea groups is 1. The number of esters is 1. The van der Waals surface area contributed by atoms with E-state index in [-0.39, 0.29) is 18.5 Å². The number of aromatic nitrogens is 2. The van der Waals surface area contributed by atoms with Gasteiger partial charge in [0.05, 0.1) is 11.0 Å². The monoisotopic (exact) mass is 530 g/mol. The number of carbonyl (C=O) groups is 2. The third-order valence-corrected chi connectivity index (χ3v) is 6.75. The molecule has 38 heavy (non-hydrogen) atoms. The maximum absolute atomic E-state index is 13.1. The van der Waals surface area contributed by atoms with Crippen LogP contribution in [0.2, 0.25) is 0 Å². The van der Waals surface area contributed by atoms with Crippen molar-refractivity contribution in [2.75, 3.05) is 17.2 Å². The Morgan fingerprint density at radius 1 is 0.947 bits per heavy atom. The SMILES string of the molecule is CC(C)(C)OC(=O)Cn1c(SCCCN(C(=O)NCc2ccccc2)c2ccccc2)nc2ccccc21. The highest BCUT2D eigenvalue weighted by Gasteiger charge is 2.20. The van der Waals surface area contributed by atoms with Crippen molar-refractivity contribution in [1.29, 1.82) is 0 Å². The van der Waals surface area contributed by atoms with Gasteiger partial charge in [0.25, 0.3) is 0 Å². The molecule has 8 heteroatoms. The van der Waals surface area contributed by atoms with Crippen LogP contribution in [-0.2, 0) is 22.6 Å². The number of nitrogens with one attached hydrogen (secondary N) is 1. The number of benzene rings is 3. The Kier molecular flexibility index (Phi) is 9.07. The standard InChI is InChI=1S/C30H34N4O3S/c1-30(2,3)37-27(35)22-34-26-18-11-10-17-25(26)32-29(34)38-20-12-19-33(24-15-8-5-9-16-24)28(36)31-21-23-13-6-4-7-14-23/h4-11,13-18H,12,19-22H2,1-3H3,(H,31,36). The lowest BCUT2D eigenvalue weighted by Crippen LogP contribution is -2.40. The number of rotatable bonds is 10. The van der Waals surface area contributed by atoms with Gasteiger partial charge in [0.2, 0.25) is 0 Å². The van der Waals surface area contributed by atoms with Crippen LogP contribution in [0.15, 0.2) is 90.1 Å². The average Bonchev–Trinajstić information content (AvgIpc) is 3.24. The van der Waals surface area contributed by atoms with Gasteiger partial charge in [-0.3, -0.25) is 9.69 Å². The van der Waals surface area contributed by atoms with Crippen LogP contribution in [0.4, 0.5) is 10.5 Å². The summed E-state index contributed by atoms with van der Waals surface area (Å²) in [6.07, 6.45) is 0.744. The smallest absolute Gasteiger partial charge is 0.326 e. The topological polar surface area (TPSA) is 76.5 Å². The first-order chi connectivity index (χ1) is 18.3. The minimum absolute atomic E-state index is 0.0954. The first kappa shape index (κ1) is 27.3. The highest BCUT2D eigenvalue weighted by atomic mass is 32.2. The third-order valence-electron chi connectivity index (χ3n) is 5.68. The summed E-state index contributed by atoms with van der Waals surface area (Å²) < 4.78 is 7.47. The van der Waals surface area contributed by atoms with E-state index in [0.717, 1.165) is 39.6 Å². The number of hydrogen-bond acceptors (Lipinski definition) is 5. The summed E-state index contributed by atoms with van der Waals surface area (Å²) in [6, 6.07) is 27.2. The average molecular weight is 531 g/mol. The molecular formula is C30H34N4O3S. The number of fused-ring (bicyclic) bond motifs is 1. The van der Waals surface area contributed by atoms with Crippen molar-refractivity contribution in [2.24, 2.45) is 0 Å². The van der Waals surface area contributed by atoms with E-state index >= 15 is 0 Å². The largest absolute Gasteiger partial charge is 0.459 e. The van der Waals surface area contributed by atoms with Crippen molar-refractivity contribution in [3.05, 3.63) is 90.5 Å². The van der Waals surface area contributed by atoms with Crippen molar-refractivity contribution in [3.8, 4) is 0 Å². The fourth-order valence-corrected chi connectivity index (χ4v) is 4.97. The molecule has 3 aromatic carbocycles. The van der Waals surface area contributed by atoms with Crippen LogP contribution in [-0.4, -0.2) is 39.5 Å². The van der Waals surface area contributed by atoms with Crippen LogP contribution in [0.3, 0.4) is 0 Å². The minimum Gasteiger partial charge on any atom is -0.459 e. The molecule has 0 unspecified atom stereocenters. The number of nitrogens with zero attached hydrogens (tertiary/aromatic N) is 3. The van der Waals surface area contributed by atoms with Gasteiger partial charge in [-0.05, 0) is 57.0 Å². The van der Waals surface area contributed by atoms with E-state index in [1.54, 1.807) is 16.7 Å². The summed E-state index contributed by atoms with van der Waals surface area (Å²) in [4.78, 5) is 32.3. The van der Waals surface area contributed by atoms with Crippen LogP contribution in [0.5, 0.6) is 0 Å². The Morgan fingerprint density at radius 2 is 1.61 bits per heavy atom. The lowest BCUT2D eigenvalue weighted by Gasteiger charge is -2.23. The lowest BCUT2D eigenvalue weighted by atomic mass is 10.2. The molecule has 1 aromatic heterocycles. The Morgan fingerprint density at radius 3 is 2.32 bits per heavy atom. The zero-order valence-corrected chi connectivity index (χ0v) is 22.9. The molecule has 0 aliphatic rings. The first-order valence-corrected chi connectivity index (χ1v) is 13.7. The molecule has 4 aromatic rings. The maximum atomic E-state index is 13.1. The first-order valence-electron chi connectivity index (χ1n) is 12.7. The van der Waals surface area contributed by atoms with E-state index in [1.807, 2.05) is 110 Å². The summed E-state index contributed by atoms with van der Waals surface area (Å²) in [5.41, 5.74) is 3.08. The number of ether oxygens (including phenoxy) is 1. The molecule has 1 N–H and O–H groups in total. The fourth-order valence-electron chi connectivity index (χ4n) is 4.03. The van der Waals surface area contributed by atoms with Crippen molar-refractivity contribution in [3.63, 3.8) is 0 Å². The molecule has 0 aliphatic heterocycles. The molecule has 7 nitrogen and oxygen atoms in total. The molecule has 0 aliphatic carbocycles. The van der Waals surface area contributed by atoms with Crippen molar-refractivity contribution >= 4 is 40.5 Å². The molecule has 0 bridgehead atoms. The summed E-state index contributed by atoms with van der Waals surface area (Å²) >= 11 is 1.58. The second-order valence-corrected chi connectivity index (χ2v) is 11.0. The van der Waals surface area contributed by atoms with Crippen LogP contribution in [0.1, 0.15) is 32.8 Å². The predicted molar refractivity (Wildman–Crippen MR) is 153 cm³/mol. The third kappa shape index (κ3) is 7.61. The van der Waals surface area contributed by atoms with E-state index < -0.39 is 5.60 Å². The highest BCUT2D eigenvalue weighted by Crippen LogP contribution is 2.25. The van der Waals surface area contributed by atoms with Gasteiger partial charge < -0.3 is 14.6 Å². The molecule has 198 valence electrons. The number of imidazole rings is 1. The van der Waals surface area contributed by atoms with Gasteiger partial charge in [0.1, 0.15) is 12.1 Å². The number of amides is 2. The zero-order chi connectivity index (χ0) is 27.0. The molecule has 0 saturated heterocycles. The zero-order valence-electron chi connectivity index (χ0n) is 22.1. The number of anilines is 1. The molecule has 1 heterocycles. The normalized spacial score (nSPS) is 11.3. The summed E-state index contributed by atoms with van der Waals surface area (Å²) in [6.45, 7) is 6.69. The number of carbonyl (C=O) groups excluding carboxylic acids is 2. The molecule has 0 radical (unpaired) electrons. The predicted octanol–water partition coefficient (Wildman–Crippen LogP) is 6.28. The summed E-state index contributed by atoms with van der Waals surface area (Å²) in [7, 11) is 0. The number of thioether (sulfide) groups is 1. The molecule has 0 fully saturated rings. The second-order valence-electron chi connectivity index (χ2n) is 9.89. The van der Waals surface area contributed by atoms with Crippen LogP contribution in [0.25, 0.3) is 11.0 Å². The molecule has 0 spiro atoms. The molecule has 0 saturated carbocycles. The summed E-state index contributed by atoms with van der Waals surface area (Å²) in [5.74, 6) is 0.431. The van der Waals surface area contributed by atoms with Crippen LogP contribution >= 0.6 is 11.8 Å². The highest BCUT2D eigenvalue weighted by molar-refractivity contribution is 7.99. The Hall–Kier alpha value is -3.78. The van der Waals surface area contributed by atoms with Crippen molar-refractivity contribution < 1.29 is 14.3 Å². The second kappa shape index (κ2) is 12.6. The van der Waals surface area contributed by atoms with E-state index in [2.05, 4.69) is 5.32 Å². The van der Waals surface area contributed by atoms with E-state index in [1.165, 1.54) is 0 Å². The van der Waals surface area contributed by atoms with Gasteiger partial charge in [-0.1, -0.05) is 72.4 Å². The Balaban J connectivity index is 1.41. The van der Waals surface area contributed by atoms with Gasteiger partial charge in [-0.2, -0.15) is 0 Å². The van der Waals surface area contributed by atoms with Gasteiger partial charge in [0.15, 0.2) is 5.16 Å². The van der Waals surface area contributed by atoms with Gasteiger partial charge >= 0.3 is 12.0 Å². The van der Waals surface area contributed by atoms with Crippen LogP contribution in [0, 0.1) is 0 Å². The minimum atomic E-state index is -0.553. The summed E-state index contributed by atoms with van der Waals surface area (Å²) in [5, 5.41) is 3.80. The Bertz CT molecular complexity index is 1350. The lowest BCUT2D eigenvalue weighted by molar-refractivity contribution is -0.155. The van der Waals surface area contributed by atoms with E-state index in [0.29, 0.717) is 13.1 Å². The van der Waals surface area contributed by atoms with Crippen LogP contribution < -0.4 is 10.2 Å². The van der Waals surface area contributed by atoms with E-state index in [4.69, 9.17) is 9.72 Å². The molecular weight excluding hydrogens is 496 g/mol. The molecule has 2 amide bonds. The fraction of sp³-hybridized carbons (Fsp3) is 0.300. The quantitative estimate of drug-likeness (QED) is 0.148.